The van der Waals surface area contributed by atoms with Gasteiger partial charge in [0, 0.05) is 11.1 Å². The summed E-state index contributed by atoms with van der Waals surface area (Å²) in [5, 5.41) is 5.93. The summed E-state index contributed by atoms with van der Waals surface area (Å²) in [5.74, 6) is 0. The van der Waals surface area contributed by atoms with E-state index in [0.717, 1.165) is 11.1 Å². The van der Waals surface area contributed by atoms with E-state index in [-0.39, 0.29) is 5.56 Å². The number of anilines is 1. The van der Waals surface area contributed by atoms with Gasteiger partial charge in [-0.25, -0.2) is 0 Å². The number of aryl methyl sites for hydroxylation is 1. The number of aromatic nitrogens is 2. The molecule has 0 fully saturated rings. The summed E-state index contributed by atoms with van der Waals surface area (Å²) in [6.45, 7) is 1.90. The highest BCUT2D eigenvalue weighted by Gasteiger charge is 2.08. The van der Waals surface area contributed by atoms with E-state index in [4.69, 9.17) is 5.73 Å². The quantitative estimate of drug-likeness (QED) is 0.675. The Balaban J connectivity index is 2.34. The zero-order valence-electron chi connectivity index (χ0n) is 10.5. The van der Waals surface area contributed by atoms with Crippen LogP contribution in [-0.2, 0) is 0 Å². The lowest BCUT2D eigenvalue weighted by Crippen LogP contribution is -2.22. The van der Waals surface area contributed by atoms with E-state index >= 15 is 0 Å². The maximum atomic E-state index is 12.4. The largest absolute Gasteiger partial charge is 0.399 e. The van der Waals surface area contributed by atoms with Crippen LogP contribution >= 0.6 is 0 Å². The Labute approximate surface area is 110 Å². The van der Waals surface area contributed by atoms with Gasteiger partial charge < -0.3 is 5.73 Å². The van der Waals surface area contributed by atoms with Crippen LogP contribution in [0, 0.1) is 6.92 Å². The predicted octanol–water partition coefficient (Wildman–Crippen LogP) is 2.28. The molecule has 4 heteroatoms. The second-order valence-electron chi connectivity index (χ2n) is 4.44. The number of nitrogen functional groups attached to an aromatic ring is 1. The van der Waals surface area contributed by atoms with Crippen LogP contribution in [0.25, 0.3) is 16.5 Å². The van der Waals surface area contributed by atoms with Crippen LogP contribution in [0.1, 0.15) is 5.69 Å². The minimum atomic E-state index is -0.119. The molecule has 0 atom stereocenters. The van der Waals surface area contributed by atoms with Gasteiger partial charge in [-0.3, -0.25) is 4.79 Å². The third-order valence-corrected chi connectivity index (χ3v) is 3.13. The average Bonchev–Trinajstić information content (AvgIpc) is 2.44. The SMILES string of the molecule is Cc1nn(-c2ccc(N)cc2)c(=O)c2ccccc12. The van der Waals surface area contributed by atoms with Crippen molar-refractivity contribution in [2.75, 3.05) is 5.73 Å². The third kappa shape index (κ3) is 1.87. The highest BCUT2D eigenvalue weighted by atomic mass is 16.1. The van der Waals surface area contributed by atoms with Crippen molar-refractivity contribution in [1.82, 2.24) is 9.78 Å². The molecular weight excluding hydrogens is 238 g/mol. The van der Waals surface area contributed by atoms with Crippen molar-refractivity contribution in [2.45, 2.75) is 6.92 Å². The van der Waals surface area contributed by atoms with Gasteiger partial charge >= 0.3 is 0 Å². The van der Waals surface area contributed by atoms with Gasteiger partial charge in [0.2, 0.25) is 0 Å². The summed E-state index contributed by atoms with van der Waals surface area (Å²) in [5.41, 5.74) is 7.74. The van der Waals surface area contributed by atoms with E-state index in [9.17, 15) is 4.79 Å². The molecular formula is C15H13N3O. The van der Waals surface area contributed by atoms with Gasteiger partial charge in [-0.1, -0.05) is 18.2 Å². The Morgan fingerprint density at radius 2 is 1.63 bits per heavy atom. The van der Waals surface area contributed by atoms with E-state index in [1.807, 2.05) is 31.2 Å². The molecule has 0 radical (unpaired) electrons. The van der Waals surface area contributed by atoms with Crippen molar-refractivity contribution in [3.05, 3.63) is 64.6 Å². The highest BCUT2D eigenvalue weighted by molar-refractivity contribution is 5.83. The number of fused-ring (bicyclic) bond motifs is 1. The summed E-state index contributed by atoms with van der Waals surface area (Å²) < 4.78 is 1.41. The Kier molecular flexibility index (Phi) is 2.56. The molecule has 19 heavy (non-hydrogen) atoms. The lowest BCUT2D eigenvalue weighted by molar-refractivity contribution is 0.801. The lowest BCUT2D eigenvalue weighted by atomic mass is 10.1. The number of nitrogens with zero attached hydrogens (tertiary/aromatic N) is 2. The van der Waals surface area contributed by atoms with E-state index in [1.165, 1.54) is 4.68 Å². The molecule has 0 saturated carbocycles. The van der Waals surface area contributed by atoms with Gasteiger partial charge in [0.25, 0.3) is 5.56 Å². The van der Waals surface area contributed by atoms with Crippen LogP contribution in [0.2, 0.25) is 0 Å². The van der Waals surface area contributed by atoms with E-state index < -0.39 is 0 Å². The fourth-order valence-corrected chi connectivity index (χ4v) is 2.14. The fraction of sp³-hybridized carbons (Fsp3) is 0.0667. The van der Waals surface area contributed by atoms with Crippen molar-refractivity contribution in [3.8, 4) is 5.69 Å². The lowest BCUT2D eigenvalue weighted by Gasteiger charge is -2.08. The fourth-order valence-electron chi connectivity index (χ4n) is 2.14. The summed E-state index contributed by atoms with van der Waals surface area (Å²) in [6, 6.07) is 14.6. The van der Waals surface area contributed by atoms with Gasteiger partial charge in [0.05, 0.1) is 16.8 Å². The molecule has 94 valence electrons. The van der Waals surface area contributed by atoms with E-state index in [1.54, 1.807) is 24.3 Å². The predicted molar refractivity (Wildman–Crippen MR) is 76.5 cm³/mol. The van der Waals surface area contributed by atoms with Crippen LogP contribution in [0.5, 0.6) is 0 Å². The first kappa shape index (κ1) is 11.5. The number of hydrogen-bond donors (Lipinski definition) is 1. The molecule has 0 saturated heterocycles. The Bertz CT molecular complexity index is 804. The molecule has 0 amide bonds. The average molecular weight is 251 g/mol. The van der Waals surface area contributed by atoms with Crippen molar-refractivity contribution < 1.29 is 0 Å². The maximum Gasteiger partial charge on any atom is 0.279 e. The van der Waals surface area contributed by atoms with Crippen LogP contribution in [-0.4, -0.2) is 9.78 Å². The zero-order chi connectivity index (χ0) is 13.4. The Hall–Kier alpha value is -2.62. The smallest absolute Gasteiger partial charge is 0.279 e. The van der Waals surface area contributed by atoms with Crippen LogP contribution < -0.4 is 11.3 Å². The van der Waals surface area contributed by atoms with Crippen LogP contribution in [0.4, 0.5) is 5.69 Å². The van der Waals surface area contributed by atoms with Crippen LogP contribution in [0.15, 0.2) is 53.3 Å². The maximum absolute atomic E-state index is 12.4. The van der Waals surface area contributed by atoms with Crippen molar-refractivity contribution in [3.63, 3.8) is 0 Å². The van der Waals surface area contributed by atoms with Crippen molar-refractivity contribution >= 4 is 16.5 Å². The van der Waals surface area contributed by atoms with E-state index in [2.05, 4.69) is 5.10 Å². The minimum Gasteiger partial charge on any atom is -0.399 e. The highest BCUT2D eigenvalue weighted by Crippen LogP contribution is 2.14. The molecule has 3 rings (SSSR count). The van der Waals surface area contributed by atoms with Crippen molar-refractivity contribution in [2.24, 2.45) is 0 Å². The number of rotatable bonds is 1. The first-order valence-corrected chi connectivity index (χ1v) is 6.01. The minimum absolute atomic E-state index is 0.119. The summed E-state index contributed by atoms with van der Waals surface area (Å²) in [7, 11) is 0. The Morgan fingerprint density at radius 1 is 1.00 bits per heavy atom. The molecule has 0 spiro atoms. The summed E-state index contributed by atoms with van der Waals surface area (Å²) in [6.07, 6.45) is 0. The molecule has 2 N–H and O–H groups in total. The molecule has 1 aromatic heterocycles. The summed E-state index contributed by atoms with van der Waals surface area (Å²) >= 11 is 0. The molecule has 1 heterocycles. The van der Waals surface area contributed by atoms with Crippen LogP contribution in [0.3, 0.4) is 0 Å². The number of nitrogens with two attached hydrogens (primary N) is 1. The third-order valence-electron chi connectivity index (χ3n) is 3.13. The molecule has 0 aliphatic carbocycles. The monoisotopic (exact) mass is 251 g/mol. The first-order valence-electron chi connectivity index (χ1n) is 6.01. The van der Waals surface area contributed by atoms with Gasteiger partial charge in [-0.2, -0.15) is 9.78 Å². The van der Waals surface area contributed by atoms with Gasteiger partial charge in [0.15, 0.2) is 0 Å². The standard InChI is InChI=1S/C15H13N3O/c1-10-13-4-2-3-5-14(13)15(19)18(17-10)12-8-6-11(16)7-9-12/h2-9H,16H2,1H3. The van der Waals surface area contributed by atoms with E-state index in [0.29, 0.717) is 16.8 Å². The molecule has 4 nitrogen and oxygen atoms in total. The summed E-state index contributed by atoms with van der Waals surface area (Å²) in [4.78, 5) is 12.4. The topological polar surface area (TPSA) is 60.9 Å². The van der Waals surface area contributed by atoms with Gasteiger partial charge in [-0.15, -0.1) is 0 Å². The van der Waals surface area contributed by atoms with Gasteiger partial charge in [-0.05, 0) is 37.3 Å². The number of benzene rings is 2. The number of hydrogen-bond acceptors (Lipinski definition) is 3. The Morgan fingerprint density at radius 3 is 2.32 bits per heavy atom. The molecule has 0 aliphatic heterocycles. The molecule has 2 aromatic carbocycles. The normalized spacial score (nSPS) is 10.8. The molecule has 0 unspecified atom stereocenters. The second kappa shape index (κ2) is 4.24. The molecule has 0 aliphatic rings. The molecule has 3 aromatic rings. The van der Waals surface area contributed by atoms with Gasteiger partial charge in [0.1, 0.15) is 0 Å². The first-order chi connectivity index (χ1) is 9.16. The molecule has 0 bridgehead atoms. The second-order valence-corrected chi connectivity index (χ2v) is 4.44. The zero-order valence-corrected chi connectivity index (χ0v) is 10.5. The van der Waals surface area contributed by atoms with Crippen molar-refractivity contribution in [1.29, 1.82) is 0 Å².